The molecule has 4 aliphatic rings. The van der Waals surface area contributed by atoms with Gasteiger partial charge in [0.15, 0.2) is 0 Å². The average molecular weight is 813 g/mol. The van der Waals surface area contributed by atoms with E-state index in [4.69, 9.17) is 28.0 Å². The van der Waals surface area contributed by atoms with Crippen LogP contribution >= 0.6 is 0 Å². The Morgan fingerprint density at radius 2 is 1.04 bits per heavy atom. The molecule has 4 heterocycles. The van der Waals surface area contributed by atoms with Gasteiger partial charge >= 0.3 is 0 Å². The SMILES string of the molecule is C.CC[C@H](NC(=O)[C@@H]1CCCN1C(=O)[C@@H]1CCCN1C(=O)[C@@H](N)[C@@H](C)O)C(N)=O.C[C@@H](O)[C@H](NC(=O)[C@@H]1CCCN1C(=O)[C@@H]1CCCN1C(=O)[C@@H](N)CO)C(N)=O. The number of hydrogen-bond acceptors (Lipinski definition) is 13. The van der Waals surface area contributed by atoms with Gasteiger partial charge in [-0.15, -0.1) is 0 Å². The fourth-order valence-electron chi connectivity index (χ4n) is 7.57. The monoisotopic (exact) mass is 812 g/mol. The highest BCUT2D eigenvalue weighted by Crippen LogP contribution is 2.27. The molecule has 57 heavy (non-hydrogen) atoms. The molecule has 0 spiro atoms. The van der Waals surface area contributed by atoms with E-state index in [0.717, 1.165) is 0 Å². The Balaban J connectivity index is 0.000000387. The van der Waals surface area contributed by atoms with Gasteiger partial charge in [0.1, 0.15) is 48.3 Å². The summed E-state index contributed by atoms with van der Waals surface area (Å²) in [6.07, 6.45) is 2.52. The molecule has 0 aromatic rings. The molecule has 324 valence electrons. The molecule has 4 aliphatic heterocycles. The number of aliphatic hydroxyl groups excluding tert-OH is 3. The lowest BCUT2D eigenvalue weighted by Crippen LogP contribution is -2.58. The van der Waals surface area contributed by atoms with E-state index in [1.807, 2.05) is 0 Å². The number of carbonyl (C=O) groups excluding carboxylic acids is 8. The third-order valence-corrected chi connectivity index (χ3v) is 10.8. The molecule has 21 nitrogen and oxygen atoms in total. The first-order chi connectivity index (χ1) is 26.4. The van der Waals surface area contributed by atoms with Crippen LogP contribution in [0.2, 0.25) is 0 Å². The second-order valence-electron chi connectivity index (χ2n) is 14.8. The summed E-state index contributed by atoms with van der Waals surface area (Å²) in [5, 5.41) is 33.3. The van der Waals surface area contributed by atoms with Crippen molar-refractivity contribution in [2.75, 3.05) is 32.8 Å². The number of likely N-dealkylation sites (tertiary alicyclic amines) is 4. The number of primary amides is 2. The molecule has 0 aromatic heterocycles. The van der Waals surface area contributed by atoms with Gasteiger partial charge in [-0.05, 0) is 71.6 Å². The van der Waals surface area contributed by atoms with Crippen LogP contribution in [0.25, 0.3) is 0 Å². The van der Waals surface area contributed by atoms with Crippen molar-refractivity contribution in [3.05, 3.63) is 0 Å². The molecule has 0 bridgehead atoms. The van der Waals surface area contributed by atoms with E-state index in [1.54, 1.807) is 6.92 Å². The van der Waals surface area contributed by atoms with Gasteiger partial charge in [-0.2, -0.15) is 0 Å². The predicted octanol–water partition coefficient (Wildman–Crippen LogP) is -4.67. The maximum absolute atomic E-state index is 13.1. The Bertz CT molecular complexity index is 1470. The topological polar surface area (TPSA) is 338 Å². The van der Waals surface area contributed by atoms with Gasteiger partial charge in [0.25, 0.3) is 0 Å². The second kappa shape index (κ2) is 21.9. The fraction of sp³-hybridized carbons (Fsp3) is 0.778. The van der Waals surface area contributed by atoms with E-state index in [0.29, 0.717) is 84.0 Å². The summed E-state index contributed by atoms with van der Waals surface area (Å²) in [6.45, 7) is 5.49. The van der Waals surface area contributed by atoms with E-state index in [9.17, 15) is 48.6 Å². The Kier molecular flexibility index (Phi) is 18.7. The smallest absolute Gasteiger partial charge is 0.246 e. The zero-order valence-corrected chi connectivity index (χ0v) is 32.4. The van der Waals surface area contributed by atoms with Crippen molar-refractivity contribution < 1.29 is 53.7 Å². The van der Waals surface area contributed by atoms with Crippen LogP contribution in [0.3, 0.4) is 0 Å². The third-order valence-electron chi connectivity index (χ3n) is 10.8. The lowest BCUT2D eigenvalue weighted by atomic mass is 10.1. The highest BCUT2D eigenvalue weighted by atomic mass is 16.3. The molecule has 4 fully saturated rings. The standard InChI is InChI=1S/C18H31N5O5.C17H29N5O6.CH4/c1-3-11(15(20)25)21-16(26)12-6-4-8-22(12)17(27)13-7-5-9-23(13)18(28)14(19)10(2)24;1-9(24)13(14(19)25)20-15(26)11-4-2-6-21(11)17(28)12-5-3-7-22(12)16(27)10(18)8-23;/h10-14,24H,3-9,19H2,1-2H3,(H2,20,25)(H,21,26);9-13,23-24H,2-8,18H2,1H3,(H2,19,25)(H,20,26);1H4/t10-,11+,12+,13+,14+;9-,10+,11+,12+,13+;/m11./s1. The summed E-state index contributed by atoms with van der Waals surface area (Å²) in [5.41, 5.74) is 21.8. The molecule has 13 N–H and O–H groups in total. The molecule has 0 aliphatic carbocycles. The largest absolute Gasteiger partial charge is 0.394 e. The first-order valence-electron chi connectivity index (χ1n) is 19.3. The lowest BCUT2D eigenvalue weighted by molar-refractivity contribution is -0.148. The van der Waals surface area contributed by atoms with Gasteiger partial charge < -0.3 is 68.5 Å². The Hall–Kier alpha value is -4.44. The zero-order chi connectivity index (χ0) is 42.0. The van der Waals surface area contributed by atoms with Gasteiger partial charge in [0.05, 0.1) is 18.8 Å². The van der Waals surface area contributed by atoms with E-state index >= 15 is 0 Å². The predicted molar refractivity (Wildman–Crippen MR) is 205 cm³/mol. The number of aliphatic hydroxyl groups is 3. The Labute approximate surface area is 333 Å². The highest BCUT2D eigenvalue weighted by Gasteiger charge is 2.45. The van der Waals surface area contributed by atoms with Crippen LogP contribution in [0, 0.1) is 0 Å². The molecule has 10 atom stereocenters. The quantitative estimate of drug-likeness (QED) is 0.0798. The number of nitrogens with two attached hydrogens (primary N) is 4. The van der Waals surface area contributed by atoms with Crippen LogP contribution in [0.1, 0.15) is 86.0 Å². The van der Waals surface area contributed by atoms with Crippen molar-refractivity contribution in [3.63, 3.8) is 0 Å². The van der Waals surface area contributed by atoms with Crippen molar-refractivity contribution in [3.8, 4) is 0 Å². The van der Waals surface area contributed by atoms with Crippen molar-refractivity contribution in [1.29, 1.82) is 0 Å². The van der Waals surface area contributed by atoms with Crippen LogP contribution in [0.5, 0.6) is 0 Å². The number of rotatable bonds is 14. The zero-order valence-electron chi connectivity index (χ0n) is 32.4. The van der Waals surface area contributed by atoms with Gasteiger partial charge in [0, 0.05) is 26.2 Å². The molecule has 0 saturated carbocycles. The minimum atomic E-state index is -1.25. The molecule has 0 radical (unpaired) electrons. The summed E-state index contributed by atoms with van der Waals surface area (Å²) in [5.74, 6) is -4.09. The number of hydrogen-bond donors (Lipinski definition) is 9. The van der Waals surface area contributed by atoms with Gasteiger partial charge in [-0.25, -0.2) is 0 Å². The molecule has 0 unspecified atom stereocenters. The van der Waals surface area contributed by atoms with Gasteiger partial charge in [-0.3, -0.25) is 38.4 Å². The number of carbonyl (C=O) groups is 8. The molecule has 4 saturated heterocycles. The summed E-state index contributed by atoms with van der Waals surface area (Å²) >= 11 is 0. The van der Waals surface area contributed by atoms with Crippen LogP contribution in [-0.4, -0.2) is 176 Å². The van der Waals surface area contributed by atoms with Crippen LogP contribution in [-0.2, 0) is 38.4 Å². The molecule has 21 heteroatoms. The van der Waals surface area contributed by atoms with Gasteiger partial charge in [0.2, 0.25) is 47.3 Å². The van der Waals surface area contributed by atoms with Crippen molar-refractivity contribution >= 4 is 47.3 Å². The van der Waals surface area contributed by atoms with Crippen molar-refractivity contribution in [2.24, 2.45) is 22.9 Å². The van der Waals surface area contributed by atoms with Crippen LogP contribution in [0.4, 0.5) is 0 Å². The molecular weight excluding hydrogens is 748 g/mol. The van der Waals surface area contributed by atoms with E-state index in [1.165, 1.54) is 33.4 Å². The van der Waals surface area contributed by atoms with Crippen LogP contribution in [0.15, 0.2) is 0 Å². The minimum Gasteiger partial charge on any atom is -0.394 e. The van der Waals surface area contributed by atoms with E-state index < -0.39 is 103 Å². The minimum absolute atomic E-state index is 0. The maximum Gasteiger partial charge on any atom is 0.246 e. The number of nitrogens with zero attached hydrogens (tertiary/aromatic N) is 4. The second-order valence-corrected chi connectivity index (χ2v) is 14.8. The summed E-state index contributed by atoms with van der Waals surface area (Å²) in [7, 11) is 0. The van der Waals surface area contributed by atoms with E-state index in [2.05, 4.69) is 10.6 Å². The first kappa shape index (κ1) is 48.7. The summed E-state index contributed by atoms with van der Waals surface area (Å²) < 4.78 is 0. The molecule has 8 amide bonds. The van der Waals surface area contributed by atoms with Crippen molar-refractivity contribution in [1.82, 2.24) is 30.2 Å². The van der Waals surface area contributed by atoms with Crippen molar-refractivity contribution in [2.45, 2.75) is 147 Å². The Morgan fingerprint density at radius 3 is 1.40 bits per heavy atom. The first-order valence-corrected chi connectivity index (χ1v) is 19.3. The molecular formula is C36H64N10O11. The molecule has 0 aromatic carbocycles. The normalized spacial score (nSPS) is 24.8. The third kappa shape index (κ3) is 11.8. The average Bonchev–Trinajstić information content (AvgIpc) is 4.00. The van der Waals surface area contributed by atoms with Gasteiger partial charge in [-0.1, -0.05) is 14.4 Å². The summed E-state index contributed by atoms with van der Waals surface area (Å²) in [4.78, 5) is 105. The van der Waals surface area contributed by atoms with Crippen LogP contribution < -0.4 is 33.6 Å². The Morgan fingerprint density at radius 1 is 0.632 bits per heavy atom. The maximum atomic E-state index is 13.1. The highest BCUT2D eigenvalue weighted by molar-refractivity contribution is 5.96. The number of amides is 8. The summed E-state index contributed by atoms with van der Waals surface area (Å²) in [6, 6.07) is -7.14. The number of nitrogens with one attached hydrogen (secondary N) is 2. The van der Waals surface area contributed by atoms with E-state index in [-0.39, 0.29) is 19.2 Å². The molecule has 4 rings (SSSR count). The lowest BCUT2D eigenvalue weighted by Gasteiger charge is -2.32. The fourth-order valence-corrected chi connectivity index (χ4v) is 7.57.